The number of ether oxygens (including phenoxy) is 1. The maximum Gasteiger partial charge on any atom is 0.339 e. The Labute approximate surface area is 182 Å². The van der Waals surface area contributed by atoms with E-state index in [1.54, 1.807) is 30.1 Å². The molecule has 0 unspecified atom stereocenters. The molecule has 0 aliphatic heterocycles. The minimum Gasteiger partial charge on any atom is -0.454 e. The standard InChI is InChI=1S/C22H18FN7O2/c1-30-14-26-28-21(30)19-12-17(9-10-24-19)32-20-8-7-16(11-18(20)23)27-22(31)29-25-13-15-5-3-2-4-6-15/h2-14H,1H3,(H2,27,29,31)/b25-13+. The Morgan fingerprint density at radius 2 is 2.00 bits per heavy atom. The molecule has 32 heavy (non-hydrogen) atoms. The van der Waals surface area contributed by atoms with Gasteiger partial charge in [-0.3, -0.25) is 4.98 Å². The van der Waals surface area contributed by atoms with Crippen molar-refractivity contribution in [1.29, 1.82) is 0 Å². The summed E-state index contributed by atoms with van der Waals surface area (Å²) >= 11 is 0. The number of amides is 2. The van der Waals surface area contributed by atoms with Crippen LogP contribution in [0.1, 0.15) is 5.56 Å². The Hall–Kier alpha value is -4.60. The summed E-state index contributed by atoms with van der Waals surface area (Å²) in [6.07, 6.45) is 4.59. The molecule has 0 saturated heterocycles. The number of carbonyl (C=O) groups excluding carboxylic acids is 1. The zero-order chi connectivity index (χ0) is 22.3. The molecule has 2 heterocycles. The van der Waals surface area contributed by atoms with E-state index in [9.17, 15) is 9.18 Å². The lowest BCUT2D eigenvalue weighted by Crippen LogP contribution is -2.24. The second kappa shape index (κ2) is 9.47. The Morgan fingerprint density at radius 1 is 1.16 bits per heavy atom. The third kappa shape index (κ3) is 5.11. The maximum atomic E-state index is 14.5. The van der Waals surface area contributed by atoms with Crippen molar-refractivity contribution >= 4 is 17.9 Å². The van der Waals surface area contributed by atoms with Crippen LogP contribution < -0.4 is 15.5 Å². The zero-order valence-corrected chi connectivity index (χ0v) is 16.9. The Bertz CT molecular complexity index is 1260. The van der Waals surface area contributed by atoms with E-state index < -0.39 is 11.8 Å². The normalized spacial score (nSPS) is 10.8. The molecular weight excluding hydrogens is 413 g/mol. The third-order valence-electron chi connectivity index (χ3n) is 4.27. The van der Waals surface area contributed by atoms with Crippen molar-refractivity contribution in [3.8, 4) is 23.0 Å². The van der Waals surface area contributed by atoms with E-state index in [2.05, 4.69) is 31.0 Å². The van der Waals surface area contributed by atoms with Crippen LogP contribution in [0.4, 0.5) is 14.9 Å². The van der Waals surface area contributed by atoms with Gasteiger partial charge in [-0.2, -0.15) is 5.10 Å². The number of anilines is 1. The number of rotatable bonds is 6. The number of aryl methyl sites for hydroxylation is 1. The molecule has 0 spiro atoms. The minimum absolute atomic E-state index is 0.00632. The van der Waals surface area contributed by atoms with Gasteiger partial charge in [0.15, 0.2) is 17.4 Å². The van der Waals surface area contributed by atoms with Gasteiger partial charge >= 0.3 is 6.03 Å². The number of urea groups is 1. The van der Waals surface area contributed by atoms with E-state index in [1.165, 1.54) is 24.5 Å². The maximum absolute atomic E-state index is 14.5. The van der Waals surface area contributed by atoms with E-state index in [0.717, 1.165) is 11.6 Å². The molecule has 2 N–H and O–H groups in total. The van der Waals surface area contributed by atoms with Gasteiger partial charge in [-0.15, -0.1) is 10.2 Å². The first kappa shape index (κ1) is 20.7. The van der Waals surface area contributed by atoms with Crippen LogP contribution in [-0.4, -0.2) is 32.0 Å². The van der Waals surface area contributed by atoms with E-state index in [0.29, 0.717) is 17.3 Å². The fourth-order valence-electron chi connectivity index (χ4n) is 2.76. The number of carbonyl (C=O) groups is 1. The summed E-state index contributed by atoms with van der Waals surface area (Å²) in [4.78, 5) is 16.2. The number of aromatic nitrogens is 4. The number of hydrogen-bond acceptors (Lipinski definition) is 6. The highest BCUT2D eigenvalue weighted by molar-refractivity contribution is 5.90. The van der Waals surface area contributed by atoms with Gasteiger partial charge in [-0.1, -0.05) is 30.3 Å². The van der Waals surface area contributed by atoms with Crippen molar-refractivity contribution < 1.29 is 13.9 Å². The van der Waals surface area contributed by atoms with Crippen LogP contribution in [0.15, 0.2) is 78.3 Å². The molecule has 0 atom stereocenters. The molecule has 0 radical (unpaired) electrons. The summed E-state index contributed by atoms with van der Waals surface area (Å²) in [5, 5.41) is 14.2. The first-order valence-corrected chi connectivity index (χ1v) is 9.51. The van der Waals surface area contributed by atoms with Gasteiger partial charge < -0.3 is 14.6 Å². The highest BCUT2D eigenvalue weighted by Crippen LogP contribution is 2.28. The smallest absolute Gasteiger partial charge is 0.339 e. The van der Waals surface area contributed by atoms with Crippen molar-refractivity contribution in [2.45, 2.75) is 0 Å². The van der Waals surface area contributed by atoms with Gasteiger partial charge in [0.05, 0.1) is 6.21 Å². The van der Waals surface area contributed by atoms with Crippen LogP contribution in [0.25, 0.3) is 11.5 Å². The third-order valence-corrected chi connectivity index (χ3v) is 4.27. The summed E-state index contributed by atoms with van der Waals surface area (Å²) in [5.41, 5.74) is 3.94. The summed E-state index contributed by atoms with van der Waals surface area (Å²) in [6, 6.07) is 16.0. The molecule has 0 saturated carbocycles. The van der Waals surface area contributed by atoms with E-state index in [-0.39, 0.29) is 11.4 Å². The minimum atomic E-state index is -0.646. The molecule has 4 aromatic rings. The average molecular weight is 431 g/mol. The number of benzene rings is 2. The molecule has 2 amide bonds. The fourth-order valence-corrected chi connectivity index (χ4v) is 2.76. The first-order valence-electron chi connectivity index (χ1n) is 9.51. The summed E-state index contributed by atoms with van der Waals surface area (Å²) in [7, 11) is 1.79. The molecule has 0 bridgehead atoms. The number of hydrogen-bond donors (Lipinski definition) is 2. The Morgan fingerprint density at radius 3 is 2.75 bits per heavy atom. The van der Waals surface area contributed by atoms with Gasteiger partial charge in [0.1, 0.15) is 17.8 Å². The molecule has 2 aromatic heterocycles. The molecule has 0 aliphatic rings. The lowest BCUT2D eigenvalue weighted by Gasteiger charge is -2.10. The van der Waals surface area contributed by atoms with E-state index in [4.69, 9.17) is 4.74 Å². The largest absolute Gasteiger partial charge is 0.454 e. The average Bonchev–Trinajstić information content (AvgIpc) is 3.22. The Kier molecular flexibility index (Phi) is 6.12. The lowest BCUT2D eigenvalue weighted by atomic mass is 10.2. The van der Waals surface area contributed by atoms with Crippen LogP contribution in [0.3, 0.4) is 0 Å². The highest BCUT2D eigenvalue weighted by Gasteiger charge is 2.11. The molecule has 9 nitrogen and oxygen atoms in total. The molecular formula is C22H18FN7O2. The molecule has 0 fully saturated rings. The number of nitrogens with zero attached hydrogens (tertiary/aromatic N) is 5. The quantitative estimate of drug-likeness (QED) is 0.355. The van der Waals surface area contributed by atoms with Gasteiger partial charge in [0.2, 0.25) is 0 Å². The van der Waals surface area contributed by atoms with E-state index in [1.807, 2.05) is 30.3 Å². The number of nitrogens with one attached hydrogen (secondary N) is 2. The molecule has 2 aromatic carbocycles. The monoisotopic (exact) mass is 431 g/mol. The van der Waals surface area contributed by atoms with Gasteiger partial charge in [0, 0.05) is 31.1 Å². The van der Waals surface area contributed by atoms with Crippen LogP contribution in [0, 0.1) is 5.82 Å². The fraction of sp³-hybridized carbons (Fsp3) is 0.0455. The molecule has 10 heteroatoms. The first-order chi connectivity index (χ1) is 15.6. The van der Waals surface area contributed by atoms with Crippen LogP contribution in [0.5, 0.6) is 11.5 Å². The van der Waals surface area contributed by atoms with Crippen molar-refractivity contribution in [1.82, 2.24) is 25.2 Å². The predicted molar refractivity (Wildman–Crippen MR) is 117 cm³/mol. The van der Waals surface area contributed by atoms with Crippen LogP contribution >= 0.6 is 0 Å². The number of pyridine rings is 1. The van der Waals surface area contributed by atoms with Gasteiger partial charge in [0.25, 0.3) is 0 Å². The van der Waals surface area contributed by atoms with Crippen LogP contribution in [0.2, 0.25) is 0 Å². The predicted octanol–water partition coefficient (Wildman–Crippen LogP) is 3.96. The molecule has 4 rings (SSSR count). The second-order valence-electron chi connectivity index (χ2n) is 6.62. The Balaban J connectivity index is 1.39. The lowest BCUT2D eigenvalue weighted by molar-refractivity contribution is 0.252. The number of halogens is 1. The van der Waals surface area contributed by atoms with E-state index >= 15 is 0 Å². The molecule has 0 aliphatic carbocycles. The van der Waals surface area contributed by atoms with Crippen molar-refractivity contribution in [2.75, 3.05) is 5.32 Å². The summed E-state index contributed by atoms with van der Waals surface area (Å²) < 4.78 is 21.9. The number of hydrazone groups is 1. The van der Waals surface area contributed by atoms with Crippen LogP contribution in [-0.2, 0) is 7.05 Å². The summed E-state index contributed by atoms with van der Waals surface area (Å²) in [6.45, 7) is 0. The zero-order valence-electron chi connectivity index (χ0n) is 16.9. The second-order valence-corrected chi connectivity index (χ2v) is 6.62. The SMILES string of the molecule is Cn1cnnc1-c1cc(Oc2ccc(NC(=O)N/N=C/c3ccccc3)cc2F)ccn1. The van der Waals surface area contributed by atoms with Crippen molar-refractivity contribution in [2.24, 2.45) is 12.1 Å². The van der Waals surface area contributed by atoms with Crippen molar-refractivity contribution in [3.63, 3.8) is 0 Å². The molecule has 160 valence electrons. The van der Waals surface area contributed by atoms with Crippen molar-refractivity contribution in [3.05, 3.63) is 84.6 Å². The van der Waals surface area contributed by atoms with Gasteiger partial charge in [-0.25, -0.2) is 14.6 Å². The summed E-state index contributed by atoms with van der Waals surface area (Å²) in [5.74, 6) is 0.280. The highest BCUT2D eigenvalue weighted by atomic mass is 19.1. The van der Waals surface area contributed by atoms with Gasteiger partial charge in [-0.05, 0) is 23.8 Å². The topological polar surface area (TPSA) is 106 Å².